The molecule has 1 nitrogen and oxygen atoms in total. The van der Waals surface area contributed by atoms with Crippen molar-refractivity contribution in [2.24, 2.45) is 0 Å². The first-order chi connectivity index (χ1) is 6.22. The summed E-state index contributed by atoms with van der Waals surface area (Å²) in [5.41, 5.74) is 1.41. The van der Waals surface area contributed by atoms with E-state index in [1.807, 2.05) is 7.11 Å². The summed E-state index contributed by atoms with van der Waals surface area (Å²) in [6.07, 6.45) is 11.2. The molecule has 1 aliphatic carbocycles. The summed E-state index contributed by atoms with van der Waals surface area (Å²) < 4.78 is 5.62. The molecule has 0 saturated heterocycles. The van der Waals surface area contributed by atoms with Gasteiger partial charge < -0.3 is 4.74 Å². The van der Waals surface area contributed by atoms with E-state index in [0.29, 0.717) is 0 Å². The number of ether oxygens (including phenoxy) is 1. The van der Waals surface area contributed by atoms with E-state index in [1.165, 1.54) is 18.4 Å². The van der Waals surface area contributed by atoms with Crippen LogP contribution >= 0.6 is 0 Å². The second kappa shape index (κ2) is 4.61. The van der Waals surface area contributed by atoms with E-state index in [4.69, 9.17) is 4.74 Å². The Bertz CT molecular complexity index is 215. The lowest BCUT2D eigenvalue weighted by Crippen LogP contribution is -2.30. The normalized spacial score (nSPS) is 27.5. The van der Waals surface area contributed by atoms with Crippen molar-refractivity contribution in [2.75, 3.05) is 7.11 Å². The minimum atomic E-state index is -0.00512. The summed E-state index contributed by atoms with van der Waals surface area (Å²) in [6.45, 7) is 4.39. The molecule has 0 bridgehead atoms. The molecule has 1 rings (SSSR count). The largest absolute Gasteiger partial charge is 0.374 e. The van der Waals surface area contributed by atoms with Gasteiger partial charge in [-0.25, -0.2) is 0 Å². The molecule has 0 heterocycles. The van der Waals surface area contributed by atoms with E-state index in [2.05, 4.69) is 32.1 Å². The number of unbranched alkanes of at least 4 members (excludes halogenated alkanes) is 1. The molecule has 0 saturated carbocycles. The van der Waals surface area contributed by atoms with Crippen molar-refractivity contribution in [1.82, 2.24) is 0 Å². The molecule has 0 N–H and O–H groups in total. The first-order valence-corrected chi connectivity index (χ1v) is 5.12. The van der Waals surface area contributed by atoms with Crippen LogP contribution in [0.25, 0.3) is 0 Å². The predicted octanol–water partition coefficient (Wildman–Crippen LogP) is 3.47. The van der Waals surface area contributed by atoms with Gasteiger partial charge in [0.05, 0.1) is 5.60 Å². The summed E-state index contributed by atoms with van der Waals surface area (Å²) in [6, 6.07) is 0. The van der Waals surface area contributed by atoms with Crippen LogP contribution in [0.5, 0.6) is 0 Å². The summed E-state index contributed by atoms with van der Waals surface area (Å²) in [4.78, 5) is 0. The van der Waals surface area contributed by atoms with Crippen molar-refractivity contribution in [3.63, 3.8) is 0 Å². The maximum atomic E-state index is 5.62. The van der Waals surface area contributed by atoms with Gasteiger partial charge in [0.2, 0.25) is 0 Å². The summed E-state index contributed by atoms with van der Waals surface area (Å²) >= 11 is 0. The van der Waals surface area contributed by atoms with Crippen LogP contribution in [0.2, 0.25) is 0 Å². The first kappa shape index (κ1) is 10.5. The third kappa shape index (κ3) is 2.70. The second-order valence-electron chi connectivity index (χ2n) is 3.92. The standard InChI is InChI=1S/C12H20O/c1-4-5-8-12(13-3)9-6-7-11(2)10-12/h6-7,9H,4-5,8,10H2,1-3H3. The Morgan fingerprint density at radius 1 is 1.54 bits per heavy atom. The molecule has 0 aliphatic heterocycles. The van der Waals surface area contributed by atoms with E-state index in [1.54, 1.807) is 0 Å². The summed E-state index contributed by atoms with van der Waals surface area (Å²) in [7, 11) is 1.82. The van der Waals surface area contributed by atoms with Gasteiger partial charge in [-0.3, -0.25) is 0 Å². The topological polar surface area (TPSA) is 9.23 Å². The van der Waals surface area contributed by atoms with Gasteiger partial charge in [0.1, 0.15) is 0 Å². The van der Waals surface area contributed by atoms with E-state index >= 15 is 0 Å². The number of hydrogen-bond donors (Lipinski definition) is 0. The van der Waals surface area contributed by atoms with E-state index in [0.717, 1.165) is 12.8 Å². The van der Waals surface area contributed by atoms with Gasteiger partial charge in [0.25, 0.3) is 0 Å². The van der Waals surface area contributed by atoms with Gasteiger partial charge in [-0.1, -0.05) is 43.6 Å². The number of hydrogen-bond acceptors (Lipinski definition) is 1. The van der Waals surface area contributed by atoms with Gasteiger partial charge >= 0.3 is 0 Å². The van der Waals surface area contributed by atoms with Crippen LogP contribution < -0.4 is 0 Å². The van der Waals surface area contributed by atoms with Gasteiger partial charge in [-0.15, -0.1) is 0 Å². The van der Waals surface area contributed by atoms with Crippen LogP contribution in [0.3, 0.4) is 0 Å². The van der Waals surface area contributed by atoms with Crippen LogP contribution in [0.1, 0.15) is 39.5 Å². The quantitative estimate of drug-likeness (QED) is 0.643. The Balaban J connectivity index is 2.61. The molecule has 1 aliphatic rings. The third-order valence-corrected chi connectivity index (χ3v) is 2.72. The van der Waals surface area contributed by atoms with Crippen LogP contribution in [-0.4, -0.2) is 12.7 Å². The molecule has 74 valence electrons. The molecular formula is C12H20O. The summed E-state index contributed by atoms with van der Waals surface area (Å²) in [5, 5.41) is 0. The lowest BCUT2D eigenvalue weighted by atomic mass is 9.86. The molecule has 0 aromatic carbocycles. The van der Waals surface area contributed by atoms with E-state index < -0.39 is 0 Å². The molecule has 0 amide bonds. The van der Waals surface area contributed by atoms with Gasteiger partial charge in [-0.05, 0) is 13.3 Å². The van der Waals surface area contributed by atoms with Crippen molar-refractivity contribution in [2.45, 2.75) is 45.1 Å². The number of rotatable bonds is 4. The highest BCUT2D eigenvalue weighted by Crippen LogP contribution is 2.30. The van der Waals surface area contributed by atoms with Crippen molar-refractivity contribution >= 4 is 0 Å². The fraction of sp³-hybridized carbons (Fsp3) is 0.667. The smallest absolute Gasteiger partial charge is 0.0898 e. The highest BCUT2D eigenvalue weighted by Gasteiger charge is 2.27. The average Bonchev–Trinajstić information content (AvgIpc) is 2.15. The Kier molecular flexibility index (Phi) is 3.73. The fourth-order valence-electron chi connectivity index (χ4n) is 1.87. The molecule has 0 spiro atoms. The zero-order valence-corrected chi connectivity index (χ0v) is 8.97. The Morgan fingerprint density at radius 3 is 2.85 bits per heavy atom. The first-order valence-electron chi connectivity index (χ1n) is 5.12. The minimum Gasteiger partial charge on any atom is -0.374 e. The molecule has 1 atom stereocenters. The molecule has 1 unspecified atom stereocenters. The monoisotopic (exact) mass is 180 g/mol. The van der Waals surface area contributed by atoms with Crippen molar-refractivity contribution in [1.29, 1.82) is 0 Å². The number of allylic oxidation sites excluding steroid dienone is 2. The highest BCUT2D eigenvalue weighted by atomic mass is 16.5. The zero-order chi connectivity index (χ0) is 9.73. The molecule has 1 heteroatoms. The maximum Gasteiger partial charge on any atom is 0.0898 e. The Hall–Kier alpha value is -0.560. The molecular weight excluding hydrogens is 160 g/mol. The van der Waals surface area contributed by atoms with Gasteiger partial charge in [-0.2, -0.15) is 0 Å². The van der Waals surface area contributed by atoms with Crippen LogP contribution in [0, 0.1) is 0 Å². The maximum absolute atomic E-state index is 5.62. The molecule has 13 heavy (non-hydrogen) atoms. The van der Waals surface area contributed by atoms with Crippen molar-refractivity contribution in [3.05, 3.63) is 23.8 Å². The van der Waals surface area contributed by atoms with E-state index in [-0.39, 0.29) is 5.60 Å². The SMILES string of the molecule is CCCCC1(OC)C=CC=C(C)C1. The Labute approximate surface area is 81.5 Å². The minimum absolute atomic E-state index is 0.00512. The average molecular weight is 180 g/mol. The molecule has 0 radical (unpaired) electrons. The molecule has 0 fully saturated rings. The molecule has 0 aromatic rings. The van der Waals surface area contributed by atoms with Gasteiger partial charge in [0, 0.05) is 13.5 Å². The van der Waals surface area contributed by atoms with Gasteiger partial charge in [0.15, 0.2) is 0 Å². The van der Waals surface area contributed by atoms with Crippen LogP contribution in [0.15, 0.2) is 23.8 Å². The lowest BCUT2D eigenvalue weighted by molar-refractivity contribution is 0.0225. The van der Waals surface area contributed by atoms with E-state index in [9.17, 15) is 0 Å². The fourth-order valence-corrected chi connectivity index (χ4v) is 1.87. The van der Waals surface area contributed by atoms with Crippen molar-refractivity contribution in [3.8, 4) is 0 Å². The van der Waals surface area contributed by atoms with Crippen LogP contribution in [-0.2, 0) is 4.74 Å². The number of methoxy groups -OCH3 is 1. The zero-order valence-electron chi connectivity index (χ0n) is 8.97. The molecule has 0 aromatic heterocycles. The second-order valence-corrected chi connectivity index (χ2v) is 3.92. The van der Waals surface area contributed by atoms with Crippen molar-refractivity contribution < 1.29 is 4.74 Å². The third-order valence-electron chi connectivity index (χ3n) is 2.72. The highest BCUT2D eigenvalue weighted by molar-refractivity contribution is 5.24. The lowest BCUT2D eigenvalue weighted by Gasteiger charge is -2.31. The summed E-state index contributed by atoms with van der Waals surface area (Å²) in [5.74, 6) is 0. The Morgan fingerprint density at radius 2 is 2.31 bits per heavy atom. The van der Waals surface area contributed by atoms with Crippen LogP contribution in [0.4, 0.5) is 0 Å². The predicted molar refractivity (Wildman–Crippen MR) is 56.8 cm³/mol.